The topological polar surface area (TPSA) is 12.0 Å². The summed E-state index contributed by atoms with van der Waals surface area (Å²) in [5, 5.41) is 3.51. The lowest BCUT2D eigenvalue weighted by Gasteiger charge is -2.22. The zero-order valence-corrected chi connectivity index (χ0v) is 10.7. The molecule has 1 aliphatic carbocycles. The van der Waals surface area contributed by atoms with Crippen molar-refractivity contribution in [1.82, 2.24) is 5.32 Å². The molecular weight excluding hydrogens is 182 g/mol. The van der Waals surface area contributed by atoms with Crippen LogP contribution in [0.15, 0.2) is 22.8 Å². The van der Waals surface area contributed by atoms with E-state index in [1.807, 2.05) is 0 Å². The molecule has 0 aromatic heterocycles. The number of nitrogens with one attached hydrogen (secondary N) is 1. The minimum Gasteiger partial charge on any atom is -0.316 e. The van der Waals surface area contributed by atoms with E-state index >= 15 is 0 Å². The highest BCUT2D eigenvalue weighted by Crippen LogP contribution is 2.28. The third-order valence-electron chi connectivity index (χ3n) is 3.23. The van der Waals surface area contributed by atoms with Crippen molar-refractivity contribution >= 4 is 0 Å². The lowest BCUT2D eigenvalue weighted by atomic mass is 9.86. The van der Waals surface area contributed by atoms with Crippen LogP contribution in [-0.4, -0.2) is 13.1 Å². The molecule has 0 heterocycles. The van der Waals surface area contributed by atoms with Crippen LogP contribution in [0.1, 0.15) is 47.0 Å². The Morgan fingerprint density at radius 3 is 2.67 bits per heavy atom. The Morgan fingerprint density at radius 1 is 1.33 bits per heavy atom. The van der Waals surface area contributed by atoms with E-state index < -0.39 is 0 Å². The maximum atomic E-state index is 3.51. The van der Waals surface area contributed by atoms with Gasteiger partial charge in [0.15, 0.2) is 0 Å². The van der Waals surface area contributed by atoms with Gasteiger partial charge in [-0.05, 0) is 45.6 Å². The van der Waals surface area contributed by atoms with Crippen molar-refractivity contribution in [3.8, 4) is 0 Å². The summed E-state index contributed by atoms with van der Waals surface area (Å²) in [6, 6.07) is 0. The van der Waals surface area contributed by atoms with Crippen molar-refractivity contribution in [2.45, 2.75) is 47.0 Å². The van der Waals surface area contributed by atoms with Crippen molar-refractivity contribution in [2.24, 2.45) is 5.92 Å². The maximum absolute atomic E-state index is 3.51. The smallest absolute Gasteiger partial charge is 0.00144 e. The van der Waals surface area contributed by atoms with Gasteiger partial charge in [-0.3, -0.25) is 0 Å². The van der Waals surface area contributed by atoms with E-state index in [2.05, 4.69) is 39.1 Å². The van der Waals surface area contributed by atoms with Crippen LogP contribution in [0.5, 0.6) is 0 Å². The molecule has 1 rings (SSSR count). The Morgan fingerprint density at radius 2 is 2.07 bits per heavy atom. The summed E-state index contributed by atoms with van der Waals surface area (Å²) in [4.78, 5) is 0. The Hall–Kier alpha value is -0.560. The molecule has 1 unspecified atom stereocenters. The van der Waals surface area contributed by atoms with Crippen molar-refractivity contribution < 1.29 is 0 Å². The second-order valence-corrected chi connectivity index (χ2v) is 4.80. The molecular formula is C14H25N. The van der Waals surface area contributed by atoms with E-state index in [0.717, 1.165) is 13.1 Å². The molecule has 15 heavy (non-hydrogen) atoms. The molecule has 0 aromatic rings. The van der Waals surface area contributed by atoms with Gasteiger partial charge in [0.1, 0.15) is 0 Å². The third kappa shape index (κ3) is 3.83. The van der Waals surface area contributed by atoms with Gasteiger partial charge in [0, 0.05) is 6.54 Å². The molecule has 0 fully saturated rings. The number of hydrogen-bond donors (Lipinski definition) is 1. The van der Waals surface area contributed by atoms with Gasteiger partial charge in [-0.25, -0.2) is 0 Å². The van der Waals surface area contributed by atoms with Crippen LogP contribution in [0.2, 0.25) is 0 Å². The van der Waals surface area contributed by atoms with Gasteiger partial charge in [-0.15, -0.1) is 0 Å². The molecule has 0 spiro atoms. The van der Waals surface area contributed by atoms with E-state index in [-0.39, 0.29) is 0 Å². The quantitative estimate of drug-likeness (QED) is 0.678. The zero-order valence-electron chi connectivity index (χ0n) is 10.7. The highest BCUT2D eigenvalue weighted by molar-refractivity contribution is 5.32. The molecule has 86 valence electrons. The first kappa shape index (κ1) is 12.5. The molecule has 1 N–H and O–H groups in total. The molecule has 1 atom stereocenters. The van der Waals surface area contributed by atoms with E-state index in [0.29, 0.717) is 5.92 Å². The fraction of sp³-hybridized carbons (Fsp3) is 0.714. The predicted molar refractivity (Wildman–Crippen MR) is 68.0 cm³/mol. The summed E-state index contributed by atoms with van der Waals surface area (Å²) in [5.74, 6) is 0.695. The van der Waals surface area contributed by atoms with Crippen molar-refractivity contribution in [3.05, 3.63) is 22.8 Å². The lowest BCUT2D eigenvalue weighted by Crippen LogP contribution is -2.24. The Kier molecular flexibility index (Phi) is 5.10. The van der Waals surface area contributed by atoms with Crippen molar-refractivity contribution in [3.63, 3.8) is 0 Å². The van der Waals surface area contributed by atoms with Crippen LogP contribution in [0, 0.1) is 5.92 Å². The molecule has 1 nitrogen and oxygen atoms in total. The number of rotatable bonds is 5. The van der Waals surface area contributed by atoms with Crippen LogP contribution in [0.3, 0.4) is 0 Å². The molecule has 0 saturated heterocycles. The fourth-order valence-corrected chi connectivity index (χ4v) is 2.32. The highest BCUT2D eigenvalue weighted by atomic mass is 14.8. The van der Waals surface area contributed by atoms with Crippen LogP contribution < -0.4 is 5.32 Å². The Labute approximate surface area is 94.6 Å². The molecule has 0 radical (unpaired) electrons. The van der Waals surface area contributed by atoms with Crippen LogP contribution >= 0.6 is 0 Å². The van der Waals surface area contributed by atoms with Crippen LogP contribution in [-0.2, 0) is 0 Å². The average Bonchev–Trinajstić information content (AvgIpc) is 2.17. The van der Waals surface area contributed by atoms with E-state index in [1.165, 1.54) is 30.4 Å². The van der Waals surface area contributed by atoms with Gasteiger partial charge in [0.05, 0.1) is 0 Å². The Balaban J connectivity index is 2.51. The minimum absolute atomic E-state index is 0.695. The second kappa shape index (κ2) is 6.12. The lowest BCUT2D eigenvalue weighted by molar-refractivity contribution is 0.548. The van der Waals surface area contributed by atoms with Gasteiger partial charge in [-0.2, -0.15) is 0 Å². The van der Waals surface area contributed by atoms with Crippen molar-refractivity contribution in [2.75, 3.05) is 13.1 Å². The number of hydrogen-bond acceptors (Lipinski definition) is 1. The first-order chi connectivity index (χ1) is 7.15. The van der Waals surface area contributed by atoms with Gasteiger partial charge >= 0.3 is 0 Å². The largest absolute Gasteiger partial charge is 0.316 e. The normalized spacial score (nSPS) is 19.1. The summed E-state index contributed by atoms with van der Waals surface area (Å²) in [6.45, 7) is 11.3. The standard InChI is InChI=1S/C14H25N/c1-5-8-15-10-13(4)14-7-6-11(2)9-12(14)3/h9,13,15H,5-8,10H2,1-4H3. The van der Waals surface area contributed by atoms with Crippen molar-refractivity contribution in [1.29, 1.82) is 0 Å². The first-order valence-electron chi connectivity index (χ1n) is 6.22. The molecule has 0 amide bonds. The zero-order chi connectivity index (χ0) is 11.3. The van der Waals surface area contributed by atoms with Gasteiger partial charge in [-0.1, -0.05) is 36.6 Å². The second-order valence-electron chi connectivity index (χ2n) is 4.80. The summed E-state index contributed by atoms with van der Waals surface area (Å²) < 4.78 is 0. The van der Waals surface area contributed by atoms with Gasteiger partial charge < -0.3 is 5.32 Å². The molecule has 0 saturated carbocycles. The molecule has 0 aliphatic heterocycles. The molecule has 0 bridgehead atoms. The van der Waals surface area contributed by atoms with Gasteiger partial charge in [0.2, 0.25) is 0 Å². The molecule has 1 aliphatic rings. The molecule has 0 aromatic carbocycles. The fourth-order valence-electron chi connectivity index (χ4n) is 2.32. The summed E-state index contributed by atoms with van der Waals surface area (Å²) in [6.07, 6.45) is 6.10. The summed E-state index contributed by atoms with van der Waals surface area (Å²) in [7, 11) is 0. The van der Waals surface area contributed by atoms with E-state index in [1.54, 1.807) is 5.57 Å². The highest BCUT2D eigenvalue weighted by Gasteiger charge is 2.14. The van der Waals surface area contributed by atoms with Crippen LogP contribution in [0.25, 0.3) is 0 Å². The minimum atomic E-state index is 0.695. The molecule has 1 heteroatoms. The Bertz CT molecular complexity index is 261. The summed E-state index contributed by atoms with van der Waals surface area (Å²) in [5.41, 5.74) is 4.69. The van der Waals surface area contributed by atoms with E-state index in [9.17, 15) is 0 Å². The predicted octanol–water partition coefficient (Wildman–Crippen LogP) is 3.68. The maximum Gasteiger partial charge on any atom is 0.00144 e. The monoisotopic (exact) mass is 207 g/mol. The average molecular weight is 207 g/mol. The summed E-state index contributed by atoms with van der Waals surface area (Å²) >= 11 is 0. The van der Waals surface area contributed by atoms with E-state index in [4.69, 9.17) is 0 Å². The van der Waals surface area contributed by atoms with Crippen LogP contribution in [0.4, 0.5) is 0 Å². The van der Waals surface area contributed by atoms with Gasteiger partial charge in [0.25, 0.3) is 0 Å². The SMILES string of the molecule is CCCNCC(C)C1=C(C)C=C(C)CC1. The third-order valence-corrected chi connectivity index (χ3v) is 3.23. The number of allylic oxidation sites excluding steroid dienone is 3. The first-order valence-corrected chi connectivity index (χ1v) is 6.22.